The Morgan fingerprint density at radius 2 is 1.95 bits per heavy atom. The molecular formula is C16H22O3. The van der Waals surface area contributed by atoms with Crippen molar-refractivity contribution in [3.8, 4) is 0 Å². The van der Waals surface area contributed by atoms with Crippen LogP contribution in [-0.2, 0) is 4.74 Å². The summed E-state index contributed by atoms with van der Waals surface area (Å²) in [5.41, 5.74) is 0.373. The van der Waals surface area contributed by atoms with Gasteiger partial charge in [0, 0.05) is 0 Å². The van der Waals surface area contributed by atoms with E-state index in [9.17, 15) is 9.90 Å². The lowest BCUT2D eigenvalue weighted by atomic mass is 9.69. The molecule has 3 unspecified atom stereocenters. The molecule has 1 saturated carbocycles. The van der Waals surface area contributed by atoms with Gasteiger partial charge >= 0.3 is 5.97 Å². The number of aliphatic hydroxyl groups is 1. The molecule has 1 aromatic carbocycles. The number of benzene rings is 1. The maximum absolute atomic E-state index is 12.0. The van der Waals surface area contributed by atoms with E-state index in [1.807, 2.05) is 39.0 Å². The monoisotopic (exact) mass is 262 g/mol. The van der Waals surface area contributed by atoms with Gasteiger partial charge in [0.05, 0.1) is 11.7 Å². The fourth-order valence-electron chi connectivity index (χ4n) is 2.99. The molecule has 3 atom stereocenters. The zero-order valence-electron chi connectivity index (χ0n) is 11.8. The third-order valence-corrected chi connectivity index (χ3v) is 4.01. The lowest BCUT2D eigenvalue weighted by Gasteiger charge is -2.42. The van der Waals surface area contributed by atoms with Gasteiger partial charge in [-0.25, -0.2) is 4.79 Å². The molecule has 1 aromatic rings. The minimum absolute atomic E-state index is 0.110. The Morgan fingerprint density at radius 1 is 1.32 bits per heavy atom. The van der Waals surface area contributed by atoms with Crippen molar-refractivity contribution in [2.75, 3.05) is 0 Å². The summed E-state index contributed by atoms with van der Waals surface area (Å²) in [7, 11) is 0. The average Bonchev–Trinajstić information content (AvgIpc) is 2.36. The van der Waals surface area contributed by atoms with E-state index >= 15 is 0 Å². The fraction of sp³-hybridized carbons (Fsp3) is 0.562. The van der Waals surface area contributed by atoms with Crippen molar-refractivity contribution in [1.82, 2.24) is 0 Å². The van der Waals surface area contributed by atoms with E-state index in [0.717, 1.165) is 6.42 Å². The van der Waals surface area contributed by atoms with E-state index < -0.39 is 0 Å². The van der Waals surface area contributed by atoms with Crippen molar-refractivity contribution in [2.24, 2.45) is 11.3 Å². The van der Waals surface area contributed by atoms with Gasteiger partial charge in [-0.3, -0.25) is 0 Å². The highest BCUT2D eigenvalue weighted by Gasteiger charge is 2.41. The number of ether oxygens (including phenoxy) is 1. The van der Waals surface area contributed by atoms with Gasteiger partial charge in [0.2, 0.25) is 0 Å². The maximum Gasteiger partial charge on any atom is 0.338 e. The quantitative estimate of drug-likeness (QED) is 0.833. The highest BCUT2D eigenvalue weighted by molar-refractivity contribution is 5.89. The predicted octanol–water partition coefficient (Wildman–Crippen LogP) is 3.03. The normalized spacial score (nSPS) is 29.8. The number of aliphatic hydroxyl groups excluding tert-OH is 1. The first-order valence-corrected chi connectivity index (χ1v) is 6.84. The van der Waals surface area contributed by atoms with Gasteiger partial charge in [0.25, 0.3) is 0 Å². The van der Waals surface area contributed by atoms with Crippen LogP contribution in [0.1, 0.15) is 44.0 Å². The van der Waals surface area contributed by atoms with Crippen LogP contribution < -0.4 is 0 Å². The molecule has 19 heavy (non-hydrogen) atoms. The van der Waals surface area contributed by atoms with Gasteiger partial charge in [-0.05, 0) is 36.3 Å². The van der Waals surface area contributed by atoms with E-state index in [-0.39, 0.29) is 29.5 Å². The number of esters is 1. The van der Waals surface area contributed by atoms with Gasteiger partial charge in [-0.1, -0.05) is 39.0 Å². The number of carbonyl (C=O) groups excluding carboxylic acids is 1. The summed E-state index contributed by atoms with van der Waals surface area (Å²) in [5.74, 6) is -0.123. The summed E-state index contributed by atoms with van der Waals surface area (Å²) in [6.45, 7) is 6.06. The van der Waals surface area contributed by atoms with Gasteiger partial charge < -0.3 is 9.84 Å². The molecule has 0 aliphatic heterocycles. The Hall–Kier alpha value is -1.35. The minimum atomic E-state index is -0.334. The zero-order valence-corrected chi connectivity index (χ0v) is 11.8. The summed E-state index contributed by atoms with van der Waals surface area (Å²) in [5, 5.41) is 10.1. The van der Waals surface area contributed by atoms with Crippen LogP contribution in [-0.4, -0.2) is 23.3 Å². The molecule has 1 N–H and O–H groups in total. The molecular weight excluding hydrogens is 240 g/mol. The van der Waals surface area contributed by atoms with Crippen molar-refractivity contribution in [1.29, 1.82) is 0 Å². The summed E-state index contributed by atoms with van der Waals surface area (Å²) in [4.78, 5) is 12.0. The predicted molar refractivity (Wildman–Crippen MR) is 73.8 cm³/mol. The van der Waals surface area contributed by atoms with Gasteiger partial charge in [0.15, 0.2) is 0 Å². The van der Waals surface area contributed by atoms with E-state index in [0.29, 0.717) is 12.0 Å². The van der Waals surface area contributed by atoms with Crippen molar-refractivity contribution < 1.29 is 14.6 Å². The van der Waals surface area contributed by atoms with Crippen LogP contribution in [0.15, 0.2) is 30.3 Å². The van der Waals surface area contributed by atoms with Crippen LogP contribution in [0.5, 0.6) is 0 Å². The standard InChI is InChI=1S/C16H22O3/c1-11-9-13(10-16(2,3)14(11)17)19-15(18)12-7-5-4-6-8-12/h4-8,11,13-14,17H,9-10H2,1-3H3. The Kier molecular flexibility index (Phi) is 3.95. The molecule has 2 rings (SSSR count). The van der Waals surface area contributed by atoms with E-state index in [1.165, 1.54) is 0 Å². The van der Waals surface area contributed by atoms with Crippen LogP contribution >= 0.6 is 0 Å². The third-order valence-electron chi connectivity index (χ3n) is 4.01. The summed E-state index contributed by atoms with van der Waals surface area (Å²) in [6.07, 6.45) is 0.987. The molecule has 1 aliphatic rings. The summed E-state index contributed by atoms with van der Waals surface area (Å²) < 4.78 is 5.58. The molecule has 0 aromatic heterocycles. The SMILES string of the molecule is CC1CC(OC(=O)c2ccccc2)CC(C)(C)C1O. The fourth-order valence-corrected chi connectivity index (χ4v) is 2.99. The molecule has 3 heteroatoms. The number of carbonyl (C=O) groups is 1. The second-order valence-corrected chi connectivity index (χ2v) is 6.24. The largest absolute Gasteiger partial charge is 0.459 e. The van der Waals surface area contributed by atoms with Crippen molar-refractivity contribution in [3.63, 3.8) is 0 Å². The minimum Gasteiger partial charge on any atom is -0.459 e. The second kappa shape index (κ2) is 5.33. The zero-order chi connectivity index (χ0) is 14.0. The smallest absolute Gasteiger partial charge is 0.338 e. The first-order chi connectivity index (χ1) is 8.90. The van der Waals surface area contributed by atoms with Crippen molar-refractivity contribution >= 4 is 5.97 Å². The lowest BCUT2D eigenvalue weighted by Crippen LogP contribution is -2.45. The lowest BCUT2D eigenvalue weighted by molar-refractivity contribution is -0.0797. The Balaban J connectivity index is 2.02. The Morgan fingerprint density at radius 3 is 2.53 bits per heavy atom. The van der Waals surface area contributed by atoms with Gasteiger partial charge in [-0.2, -0.15) is 0 Å². The topological polar surface area (TPSA) is 46.5 Å². The number of hydrogen-bond acceptors (Lipinski definition) is 3. The Labute approximate surface area is 114 Å². The highest BCUT2D eigenvalue weighted by Crippen LogP contribution is 2.40. The van der Waals surface area contributed by atoms with E-state index in [2.05, 4.69) is 0 Å². The molecule has 0 bridgehead atoms. The van der Waals surface area contributed by atoms with Gasteiger partial charge in [0.1, 0.15) is 6.10 Å². The average molecular weight is 262 g/mol. The van der Waals surface area contributed by atoms with E-state index in [1.54, 1.807) is 12.1 Å². The first-order valence-electron chi connectivity index (χ1n) is 6.84. The van der Waals surface area contributed by atoms with Crippen molar-refractivity contribution in [3.05, 3.63) is 35.9 Å². The van der Waals surface area contributed by atoms with E-state index in [4.69, 9.17) is 4.74 Å². The highest BCUT2D eigenvalue weighted by atomic mass is 16.5. The number of rotatable bonds is 2. The Bertz CT molecular complexity index is 439. The van der Waals surface area contributed by atoms with Crippen LogP contribution in [0, 0.1) is 11.3 Å². The van der Waals surface area contributed by atoms with Crippen molar-refractivity contribution in [2.45, 2.75) is 45.8 Å². The van der Waals surface area contributed by atoms with Crippen LogP contribution in [0.25, 0.3) is 0 Å². The summed E-state index contributed by atoms with van der Waals surface area (Å²) >= 11 is 0. The molecule has 0 amide bonds. The summed E-state index contributed by atoms with van der Waals surface area (Å²) in [6, 6.07) is 9.05. The molecule has 0 spiro atoms. The maximum atomic E-state index is 12.0. The molecule has 1 fully saturated rings. The molecule has 0 radical (unpaired) electrons. The molecule has 0 saturated heterocycles. The van der Waals surface area contributed by atoms with Crippen LogP contribution in [0.2, 0.25) is 0 Å². The molecule has 3 nitrogen and oxygen atoms in total. The second-order valence-electron chi connectivity index (χ2n) is 6.24. The van der Waals surface area contributed by atoms with Crippen LogP contribution in [0.3, 0.4) is 0 Å². The third kappa shape index (κ3) is 3.16. The molecule has 104 valence electrons. The molecule has 1 aliphatic carbocycles. The number of hydrogen-bond donors (Lipinski definition) is 1. The first kappa shape index (κ1) is 14.1. The molecule has 0 heterocycles. The van der Waals surface area contributed by atoms with Gasteiger partial charge in [-0.15, -0.1) is 0 Å². The van der Waals surface area contributed by atoms with Crippen LogP contribution in [0.4, 0.5) is 0 Å².